The first kappa shape index (κ1) is 13.7. The maximum absolute atomic E-state index is 5.00. The van der Waals surface area contributed by atoms with Crippen molar-refractivity contribution >= 4 is 16.5 Å². The number of rotatable bonds is 7. The predicted octanol–water partition coefficient (Wildman–Crippen LogP) is 0.501. The summed E-state index contributed by atoms with van der Waals surface area (Å²) in [6, 6.07) is 0. The van der Waals surface area contributed by atoms with E-state index in [0.717, 1.165) is 57.6 Å². The number of hydrogen-bond acceptors (Lipinski definition) is 6. The summed E-state index contributed by atoms with van der Waals surface area (Å²) >= 11 is 1.73. The van der Waals surface area contributed by atoms with Crippen LogP contribution in [0.4, 0.5) is 5.13 Å². The molecule has 1 saturated heterocycles. The van der Waals surface area contributed by atoms with Gasteiger partial charge in [0.2, 0.25) is 0 Å². The highest BCUT2D eigenvalue weighted by Gasteiger charge is 2.17. The van der Waals surface area contributed by atoms with Crippen LogP contribution in [-0.4, -0.2) is 69.4 Å². The summed E-state index contributed by atoms with van der Waals surface area (Å²) in [4.78, 5) is 9.24. The van der Waals surface area contributed by atoms with E-state index in [1.165, 1.54) is 0 Å². The van der Waals surface area contributed by atoms with Crippen molar-refractivity contribution in [2.75, 3.05) is 64.4 Å². The van der Waals surface area contributed by atoms with Crippen molar-refractivity contribution in [1.82, 2.24) is 15.2 Å². The van der Waals surface area contributed by atoms with Crippen LogP contribution in [0.2, 0.25) is 0 Å². The van der Waals surface area contributed by atoms with Gasteiger partial charge >= 0.3 is 0 Å². The number of anilines is 1. The molecule has 0 spiro atoms. The summed E-state index contributed by atoms with van der Waals surface area (Å²) in [7, 11) is 1.74. The lowest BCUT2D eigenvalue weighted by Gasteiger charge is -2.34. The largest absolute Gasteiger partial charge is 0.383 e. The fourth-order valence-electron chi connectivity index (χ4n) is 2.07. The van der Waals surface area contributed by atoms with Crippen LogP contribution in [0.15, 0.2) is 11.6 Å². The van der Waals surface area contributed by atoms with Crippen LogP contribution in [0.3, 0.4) is 0 Å². The van der Waals surface area contributed by atoms with Crippen LogP contribution in [0, 0.1) is 0 Å². The number of aromatic nitrogens is 1. The second-order valence-corrected chi connectivity index (χ2v) is 5.26. The minimum Gasteiger partial charge on any atom is -0.383 e. The smallest absolute Gasteiger partial charge is 0.185 e. The molecule has 0 amide bonds. The standard InChI is InChI=1S/C12H22N4OS/c1-17-10-3-13-2-5-15-6-8-16(9-7-15)12-14-4-11-18-12/h4,11,13H,2-3,5-10H2,1H3. The second kappa shape index (κ2) is 7.68. The zero-order valence-corrected chi connectivity index (χ0v) is 11.8. The Morgan fingerprint density at radius 3 is 2.83 bits per heavy atom. The van der Waals surface area contributed by atoms with E-state index in [1.54, 1.807) is 18.4 Å². The summed E-state index contributed by atoms with van der Waals surface area (Å²) in [5.41, 5.74) is 0. The van der Waals surface area contributed by atoms with Gasteiger partial charge in [-0.15, -0.1) is 11.3 Å². The van der Waals surface area contributed by atoms with Crippen LogP contribution >= 0.6 is 11.3 Å². The molecule has 0 unspecified atom stereocenters. The van der Waals surface area contributed by atoms with Gasteiger partial charge in [-0.25, -0.2) is 4.98 Å². The molecule has 102 valence electrons. The maximum Gasteiger partial charge on any atom is 0.185 e. The Balaban J connectivity index is 1.59. The van der Waals surface area contributed by atoms with Crippen molar-refractivity contribution < 1.29 is 4.74 Å². The van der Waals surface area contributed by atoms with Crippen molar-refractivity contribution in [1.29, 1.82) is 0 Å². The van der Waals surface area contributed by atoms with Crippen LogP contribution in [0.25, 0.3) is 0 Å². The molecule has 2 rings (SSSR count). The Kier molecular flexibility index (Phi) is 5.86. The Hall–Kier alpha value is -0.690. The Morgan fingerprint density at radius 2 is 2.17 bits per heavy atom. The van der Waals surface area contributed by atoms with Gasteiger partial charge in [0.05, 0.1) is 6.61 Å². The minimum atomic E-state index is 0.790. The molecule has 5 nitrogen and oxygen atoms in total. The van der Waals surface area contributed by atoms with Crippen LogP contribution in [-0.2, 0) is 4.74 Å². The van der Waals surface area contributed by atoms with Crippen molar-refractivity contribution in [3.8, 4) is 0 Å². The lowest BCUT2D eigenvalue weighted by molar-refractivity contribution is 0.195. The van der Waals surface area contributed by atoms with Crippen molar-refractivity contribution in [3.63, 3.8) is 0 Å². The summed E-state index contributed by atoms with van der Waals surface area (Å²) in [5, 5.41) is 6.58. The average molecular weight is 270 g/mol. The first-order valence-electron chi connectivity index (χ1n) is 6.46. The van der Waals surface area contributed by atoms with Crippen molar-refractivity contribution in [2.45, 2.75) is 0 Å². The molecule has 0 radical (unpaired) electrons. The number of hydrogen-bond donors (Lipinski definition) is 1. The van der Waals surface area contributed by atoms with E-state index in [-0.39, 0.29) is 0 Å². The third-order valence-corrected chi connectivity index (χ3v) is 3.98. The molecular weight excluding hydrogens is 248 g/mol. The van der Waals surface area contributed by atoms with E-state index < -0.39 is 0 Å². The zero-order valence-electron chi connectivity index (χ0n) is 11.0. The number of nitrogens with one attached hydrogen (secondary N) is 1. The van der Waals surface area contributed by atoms with E-state index in [1.807, 2.05) is 11.6 Å². The molecule has 0 atom stereocenters. The first-order chi connectivity index (χ1) is 8.90. The quantitative estimate of drug-likeness (QED) is 0.731. The fraction of sp³-hybridized carbons (Fsp3) is 0.750. The predicted molar refractivity (Wildman–Crippen MR) is 75.5 cm³/mol. The van der Waals surface area contributed by atoms with E-state index >= 15 is 0 Å². The van der Waals surface area contributed by atoms with Gasteiger partial charge in [-0.1, -0.05) is 0 Å². The maximum atomic E-state index is 5.00. The molecule has 1 aromatic rings. The summed E-state index contributed by atoms with van der Waals surface area (Å²) < 4.78 is 5.00. The van der Waals surface area contributed by atoms with Gasteiger partial charge in [0, 0.05) is 64.5 Å². The molecule has 6 heteroatoms. The Bertz CT molecular complexity index is 312. The van der Waals surface area contributed by atoms with Gasteiger partial charge < -0.3 is 15.0 Å². The lowest BCUT2D eigenvalue weighted by atomic mass is 10.3. The highest BCUT2D eigenvalue weighted by atomic mass is 32.1. The Morgan fingerprint density at radius 1 is 1.33 bits per heavy atom. The van der Waals surface area contributed by atoms with Gasteiger partial charge in [0.25, 0.3) is 0 Å². The molecule has 1 aliphatic rings. The summed E-state index contributed by atoms with van der Waals surface area (Å²) in [5.74, 6) is 0. The molecule has 1 N–H and O–H groups in total. The third-order valence-electron chi connectivity index (χ3n) is 3.15. The lowest BCUT2D eigenvalue weighted by Crippen LogP contribution is -2.48. The number of thiazole rings is 1. The SMILES string of the molecule is COCCNCCN1CCN(c2nccs2)CC1. The molecule has 0 aromatic carbocycles. The van der Waals surface area contributed by atoms with Crippen LogP contribution in [0.5, 0.6) is 0 Å². The van der Waals surface area contributed by atoms with Gasteiger partial charge in [0.15, 0.2) is 5.13 Å². The van der Waals surface area contributed by atoms with Gasteiger partial charge in [-0.05, 0) is 0 Å². The van der Waals surface area contributed by atoms with E-state index in [9.17, 15) is 0 Å². The molecule has 2 heterocycles. The molecular formula is C12H22N4OS. The van der Waals surface area contributed by atoms with E-state index in [0.29, 0.717) is 0 Å². The van der Waals surface area contributed by atoms with Gasteiger partial charge in [0.1, 0.15) is 0 Å². The summed E-state index contributed by atoms with van der Waals surface area (Å²) in [6.07, 6.45) is 1.88. The number of methoxy groups -OCH3 is 1. The molecule has 0 saturated carbocycles. The monoisotopic (exact) mass is 270 g/mol. The molecule has 1 aromatic heterocycles. The van der Waals surface area contributed by atoms with E-state index in [4.69, 9.17) is 4.74 Å². The number of nitrogens with zero attached hydrogens (tertiary/aromatic N) is 3. The topological polar surface area (TPSA) is 40.6 Å². The summed E-state index contributed by atoms with van der Waals surface area (Å²) in [6.45, 7) is 8.33. The first-order valence-corrected chi connectivity index (χ1v) is 7.34. The highest BCUT2D eigenvalue weighted by molar-refractivity contribution is 7.13. The number of piperazine rings is 1. The second-order valence-electron chi connectivity index (χ2n) is 4.39. The van der Waals surface area contributed by atoms with Gasteiger partial charge in [-0.3, -0.25) is 4.90 Å². The van der Waals surface area contributed by atoms with Crippen LogP contribution < -0.4 is 10.2 Å². The minimum absolute atomic E-state index is 0.790. The third kappa shape index (κ3) is 4.20. The average Bonchev–Trinajstić information content (AvgIpc) is 2.93. The molecule has 18 heavy (non-hydrogen) atoms. The Labute approximate surface area is 113 Å². The fourth-order valence-corrected chi connectivity index (χ4v) is 2.77. The van der Waals surface area contributed by atoms with E-state index in [2.05, 4.69) is 20.1 Å². The molecule has 0 bridgehead atoms. The van der Waals surface area contributed by atoms with Crippen molar-refractivity contribution in [3.05, 3.63) is 11.6 Å². The number of ether oxygens (including phenoxy) is 1. The highest BCUT2D eigenvalue weighted by Crippen LogP contribution is 2.18. The molecule has 0 aliphatic carbocycles. The normalized spacial score (nSPS) is 17.3. The molecule has 1 aliphatic heterocycles. The van der Waals surface area contributed by atoms with Crippen LogP contribution in [0.1, 0.15) is 0 Å². The molecule has 1 fully saturated rings. The van der Waals surface area contributed by atoms with Gasteiger partial charge in [-0.2, -0.15) is 0 Å². The zero-order chi connectivity index (χ0) is 12.6. The van der Waals surface area contributed by atoms with Crippen molar-refractivity contribution in [2.24, 2.45) is 0 Å².